The van der Waals surface area contributed by atoms with Gasteiger partial charge in [0.1, 0.15) is 6.04 Å². The summed E-state index contributed by atoms with van der Waals surface area (Å²) < 4.78 is 1.79. The molecule has 3 amide bonds. The zero-order valence-corrected chi connectivity index (χ0v) is 29.8. The quantitative estimate of drug-likeness (QED) is 0.259. The first-order valence-corrected chi connectivity index (χ1v) is 18.3. The van der Waals surface area contributed by atoms with Crippen molar-refractivity contribution in [3.8, 4) is 0 Å². The van der Waals surface area contributed by atoms with Gasteiger partial charge in [0.2, 0.25) is 5.91 Å². The van der Waals surface area contributed by atoms with E-state index in [9.17, 15) is 14.4 Å². The normalized spacial score (nSPS) is 19.6. The lowest BCUT2D eigenvalue weighted by molar-refractivity contribution is -0.134. The number of pyridine rings is 1. The van der Waals surface area contributed by atoms with Crippen LogP contribution in [0.15, 0.2) is 47.4 Å². The molecule has 0 aliphatic carbocycles. The van der Waals surface area contributed by atoms with Gasteiger partial charge >= 0.3 is 11.7 Å². The SMILES string of the molecule is Cc1cc(C[C@@H](NC(=O)N2CCC(n3c(=O)[nH]c4c5ccccc5ncc43)CC2)C(=O)N2CCC(N3CCCN(C)CC3)CC2)cc(Cl)c1N. The molecule has 266 valence electrons. The van der Waals surface area contributed by atoms with E-state index in [1.165, 1.54) is 0 Å². The Morgan fingerprint density at radius 1 is 0.980 bits per heavy atom. The van der Waals surface area contributed by atoms with Crippen molar-refractivity contribution in [3.05, 3.63) is 69.2 Å². The largest absolute Gasteiger partial charge is 0.397 e. The van der Waals surface area contributed by atoms with Crippen LogP contribution in [-0.2, 0) is 11.2 Å². The highest BCUT2D eigenvalue weighted by Crippen LogP contribution is 2.29. The summed E-state index contributed by atoms with van der Waals surface area (Å²) in [6.45, 7) is 8.49. The summed E-state index contributed by atoms with van der Waals surface area (Å²) in [5, 5.41) is 4.46. The molecule has 0 unspecified atom stereocenters. The van der Waals surface area contributed by atoms with Gasteiger partial charge in [-0.25, -0.2) is 9.59 Å². The highest BCUT2D eigenvalue weighted by Gasteiger charge is 2.34. The van der Waals surface area contributed by atoms with Crippen molar-refractivity contribution in [2.45, 2.75) is 63.6 Å². The molecule has 12 nitrogen and oxygen atoms in total. The van der Waals surface area contributed by atoms with Gasteiger partial charge in [-0.15, -0.1) is 0 Å². The maximum atomic E-state index is 14.2. The number of hydrogen-bond acceptors (Lipinski definition) is 7. The van der Waals surface area contributed by atoms with Gasteiger partial charge in [-0.1, -0.05) is 35.9 Å². The van der Waals surface area contributed by atoms with Crippen LogP contribution in [0.3, 0.4) is 0 Å². The Bertz CT molecular complexity index is 1900. The van der Waals surface area contributed by atoms with Crippen LogP contribution >= 0.6 is 11.6 Å². The number of hydrogen-bond donors (Lipinski definition) is 3. The van der Waals surface area contributed by atoms with Gasteiger partial charge < -0.3 is 30.7 Å². The molecule has 2 aromatic carbocycles. The number of nitrogens with zero attached hydrogens (tertiary/aromatic N) is 6. The monoisotopic (exact) mass is 701 g/mol. The highest BCUT2D eigenvalue weighted by molar-refractivity contribution is 6.33. The summed E-state index contributed by atoms with van der Waals surface area (Å²) >= 11 is 6.45. The van der Waals surface area contributed by atoms with Crippen molar-refractivity contribution >= 4 is 51.2 Å². The number of likely N-dealkylation sites (N-methyl/N-ethyl adjacent to an activating group) is 1. The van der Waals surface area contributed by atoms with Crippen molar-refractivity contribution in [3.63, 3.8) is 0 Å². The van der Waals surface area contributed by atoms with E-state index in [4.69, 9.17) is 17.3 Å². The predicted octanol–water partition coefficient (Wildman–Crippen LogP) is 4.01. The number of aromatic amines is 1. The number of H-pyrrole nitrogens is 1. The number of rotatable bonds is 6. The fourth-order valence-electron chi connectivity index (χ4n) is 8.13. The number of anilines is 1. The molecule has 1 atom stereocenters. The first-order valence-electron chi connectivity index (χ1n) is 18.0. The van der Waals surface area contributed by atoms with Crippen LogP contribution in [0.4, 0.5) is 10.5 Å². The number of aryl methyl sites for hydroxylation is 1. The number of carbonyl (C=O) groups excluding carboxylic acids is 2. The lowest BCUT2D eigenvalue weighted by Gasteiger charge is -2.39. The predicted molar refractivity (Wildman–Crippen MR) is 198 cm³/mol. The first-order chi connectivity index (χ1) is 24.2. The van der Waals surface area contributed by atoms with E-state index in [-0.39, 0.29) is 23.7 Å². The topological polar surface area (TPSA) is 136 Å². The van der Waals surface area contributed by atoms with Gasteiger partial charge in [-0.3, -0.25) is 19.2 Å². The van der Waals surface area contributed by atoms with Gasteiger partial charge in [-0.05, 0) is 82.4 Å². The number of benzene rings is 2. The Labute approximate surface area is 297 Å². The lowest BCUT2D eigenvalue weighted by atomic mass is 9.99. The van der Waals surface area contributed by atoms with E-state index < -0.39 is 6.04 Å². The van der Waals surface area contributed by atoms with Crippen molar-refractivity contribution in [1.29, 1.82) is 0 Å². The zero-order valence-electron chi connectivity index (χ0n) is 29.0. The Kier molecular flexibility index (Phi) is 10.0. The summed E-state index contributed by atoms with van der Waals surface area (Å²) in [5.74, 6) is -0.0713. The van der Waals surface area contributed by atoms with Gasteiger partial charge in [0, 0.05) is 63.2 Å². The van der Waals surface area contributed by atoms with Gasteiger partial charge in [-0.2, -0.15) is 0 Å². The average Bonchev–Trinajstić information content (AvgIpc) is 3.32. The fraction of sp³-hybridized carbons (Fsp3) is 0.514. The third-order valence-electron chi connectivity index (χ3n) is 11.1. The van der Waals surface area contributed by atoms with Crippen molar-refractivity contribution in [1.82, 2.24) is 39.5 Å². The molecule has 5 heterocycles. The molecule has 3 aliphatic heterocycles. The molecule has 2 aromatic heterocycles. The maximum Gasteiger partial charge on any atom is 0.326 e. The van der Waals surface area contributed by atoms with Crippen LogP contribution in [0.5, 0.6) is 0 Å². The van der Waals surface area contributed by atoms with E-state index in [1.54, 1.807) is 21.7 Å². The van der Waals surface area contributed by atoms with Crippen molar-refractivity contribution in [2.75, 3.05) is 65.1 Å². The lowest BCUT2D eigenvalue weighted by Crippen LogP contribution is -2.56. The van der Waals surface area contributed by atoms with Gasteiger partial charge in [0.15, 0.2) is 0 Å². The van der Waals surface area contributed by atoms with E-state index in [2.05, 4.69) is 32.1 Å². The number of nitrogens with two attached hydrogens (primary N) is 1. The minimum atomic E-state index is -0.752. The Hall–Kier alpha value is -4.13. The molecule has 4 aromatic rings. The van der Waals surface area contributed by atoms with Crippen LogP contribution < -0.4 is 16.7 Å². The number of halogens is 1. The summed E-state index contributed by atoms with van der Waals surface area (Å²) in [6, 6.07) is 10.9. The minimum absolute atomic E-state index is 0.0713. The zero-order chi connectivity index (χ0) is 34.9. The number of para-hydroxylation sites is 1. The molecule has 0 saturated carbocycles. The highest BCUT2D eigenvalue weighted by atomic mass is 35.5. The van der Waals surface area contributed by atoms with E-state index in [0.29, 0.717) is 62.2 Å². The number of imidazole rings is 1. The number of fused-ring (bicyclic) bond motifs is 3. The van der Waals surface area contributed by atoms with Crippen LogP contribution in [0.1, 0.15) is 49.3 Å². The molecule has 3 aliphatic rings. The molecule has 3 saturated heterocycles. The van der Waals surface area contributed by atoms with E-state index in [0.717, 1.165) is 78.5 Å². The molecule has 50 heavy (non-hydrogen) atoms. The molecule has 7 rings (SSSR count). The summed E-state index contributed by atoms with van der Waals surface area (Å²) in [6.07, 6.45) is 6.30. The van der Waals surface area contributed by atoms with Crippen molar-refractivity contribution in [2.24, 2.45) is 0 Å². The molecule has 0 bridgehead atoms. The molecule has 0 radical (unpaired) electrons. The maximum absolute atomic E-state index is 14.2. The first kappa shape index (κ1) is 34.3. The molecular formula is C37H48ClN9O3. The number of urea groups is 1. The number of likely N-dealkylation sites (tertiary alicyclic amines) is 2. The number of nitrogens with one attached hydrogen (secondary N) is 2. The van der Waals surface area contributed by atoms with E-state index >= 15 is 0 Å². The smallest absolute Gasteiger partial charge is 0.326 e. The number of aromatic nitrogens is 3. The third-order valence-corrected chi connectivity index (χ3v) is 11.4. The second kappa shape index (κ2) is 14.6. The van der Waals surface area contributed by atoms with E-state index in [1.807, 2.05) is 42.2 Å². The Balaban J connectivity index is 1.03. The Morgan fingerprint density at radius 3 is 2.46 bits per heavy atom. The molecule has 4 N–H and O–H groups in total. The molecule has 13 heteroatoms. The molecular weight excluding hydrogens is 654 g/mol. The summed E-state index contributed by atoms with van der Waals surface area (Å²) in [5.41, 5.74) is 10.5. The number of piperidine rings is 2. The van der Waals surface area contributed by atoms with Crippen molar-refractivity contribution < 1.29 is 9.59 Å². The minimum Gasteiger partial charge on any atom is -0.397 e. The summed E-state index contributed by atoms with van der Waals surface area (Å²) in [7, 11) is 2.18. The standard InChI is InChI=1S/C37H48ClN9O3/c1-24-20-25(21-29(38)33(24)39)22-31(35(48)45-14-8-26(9-15-45)44-13-5-12-43(2)18-19-44)41-36(49)46-16-10-27(11-17-46)47-32-23-40-30-7-4-3-6-28(30)34(32)42-37(47)50/h3-4,6-7,20-21,23,26-27,31H,5,8-19,22,39H2,1-2H3,(H,41,49)(H,42,50)/t31-/m1/s1. The number of amides is 3. The average molecular weight is 702 g/mol. The second-order valence-electron chi connectivity index (χ2n) is 14.3. The van der Waals surface area contributed by atoms with Gasteiger partial charge in [0.05, 0.1) is 33.5 Å². The van der Waals surface area contributed by atoms with Crippen LogP contribution in [0.2, 0.25) is 5.02 Å². The van der Waals surface area contributed by atoms with Gasteiger partial charge in [0.25, 0.3) is 0 Å². The van der Waals surface area contributed by atoms with Crippen LogP contribution in [-0.4, -0.2) is 118 Å². The summed E-state index contributed by atoms with van der Waals surface area (Å²) in [4.78, 5) is 57.4. The number of nitrogen functional groups attached to an aromatic ring is 1. The third kappa shape index (κ3) is 7.06. The molecule has 3 fully saturated rings. The van der Waals surface area contributed by atoms with Crippen LogP contribution in [0.25, 0.3) is 21.9 Å². The Morgan fingerprint density at radius 2 is 1.70 bits per heavy atom. The number of carbonyl (C=O) groups is 2. The molecule has 0 spiro atoms. The van der Waals surface area contributed by atoms with Crippen LogP contribution in [0, 0.1) is 6.92 Å². The fourth-order valence-corrected chi connectivity index (χ4v) is 8.42. The second-order valence-corrected chi connectivity index (χ2v) is 14.7.